The van der Waals surface area contributed by atoms with Crippen molar-refractivity contribution in [1.82, 2.24) is 0 Å². The normalized spacial score (nSPS) is 50.5. The van der Waals surface area contributed by atoms with Gasteiger partial charge >= 0.3 is 0 Å². The number of aliphatic hydroxyl groups excluding tert-OH is 14. The molecule has 22 heteroatoms. The Balaban J connectivity index is 0.987. The van der Waals surface area contributed by atoms with Crippen molar-refractivity contribution in [2.75, 3.05) is 33.0 Å². The largest absolute Gasteiger partial charge is 0.394 e. The lowest BCUT2D eigenvalue weighted by molar-refractivity contribution is -0.391. The third kappa shape index (κ3) is 11.2. The second kappa shape index (κ2) is 24.1. The molecule has 22 nitrogen and oxygen atoms in total. The first-order valence-electron chi connectivity index (χ1n) is 26.9. The molecule has 0 amide bonds. The highest BCUT2D eigenvalue weighted by atomic mass is 16.8. The van der Waals surface area contributed by atoms with Gasteiger partial charge in [-0.1, -0.05) is 57.9 Å². The van der Waals surface area contributed by atoms with E-state index in [0.29, 0.717) is 30.6 Å². The zero-order valence-electron chi connectivity index (χ0n) is 43.2. The summed E-state index contributed by atoms with van der Waals surface area (Å²) < 4.78 is 47.7. The molecule has 3 saturated carbocycles. The fourth-order valence-corrected chi connectivity index (χ4v) is 14.5. The van der Waals surface area contributed by atoms with E-state index in [0.717, 1.165) is 44.9 Å². The lowest BCUT2D eigenvalue weighted by atomic mass is 9.47. The molecule has 4 aliphatic carbocycles. The van der Waals surface area contributed by atoms with Crippen molar-refractivity contribution in [2.24, 2.45) is 46.3 Å². The second-order valence-electron chi connectivity index (χ2n) is 23.5. The predicted molar refractivity (Wildman–Crippen MR) is 256 cm³/mol. The van der Waals surface area contributed by atoms with Crippen LogP contribution in [0.2, 0.25) is 0 Å². The molecule has 8 rings (SSSR count). The van der Waals surface area contributed by atoms with Gasteiger partial charge in [0.1, 0.15) is 91.6 Å². The van der Waals surface area contributed by atoms with Gasteiger partial charge in [-0.15, -0.1) is 0 Å². The highest BCUT2D eigenvalue weighted by Gasteiger charge is 2.62. The molecule has 0 bridgehead atoms. The number of fused-ring (bicyclic) bond motifs is 5. The second-order valence-corrected chi connectivity index (χ2v) is 23.5. The Kier molecular flexibility index (Phi) is 19.2. The summed E-state index contributed by atoms with van der Waals surface area (Å²) in [5.74, 6) is 1.58. The molecular formula is C52H86O22. The molecule has 74 heavy (non-hydrogen) atoms. The van der Waals surface area contributed by atoms with E-state index in [9.17, 15) is 71.5 Å². The van der Waals surface area contributed by atoms with Crippen LogP contribution in [0, 0.1) is 46.3 Å². The van der Waals surface area contributed by atoms with Crippen LogP contribution in [0.15, 0.2) is 23.3 Å². The molecule has 28 unspecified atom stereocenters. The molecule has 4 heterocycles. The number of hydrogen-bond donors (Lipinski definition) is 14. The number of rotatable bonds is 17. The molecule has 0 spiro atoms. The van der Waals surface area contributed by atoms with Gasteiger partial charge in [-0.3, -0.25) is 0 Å². The Morgan fingerprint density at radius 3 is 1.77 bits per heavy atom. The Bertz CT molecular complexity index is 1890. The maximum Gasteiger partial charge on any atom is 0.187 e. The Labute approximate surface area is 432 Å². The van der Waals surface area contributed by atoms with Crippen LogP contribution >= 0.6 is 0 Å². The van der Waals surface area contributed by atoms with Crippen LogP contribution in [0.25, 0.3) is 0 Å². The molecule has 0 aromatic rings. The molecule has 426 valence electrons. The number of ether oxygens (including phenoxy) is 8. The maximum atomic E-state index is 12.3. The minimum absolute atomic E-state index is 0.0319. The van der Waals surface area contributed by atoms with Gasteiger partial charge in [-0.2, -0.15) is 0 Å². The molecule has 0 radical (unpaired) electrons. The Hall–Kier alpha value is -1.40. The quantitative estimate of drug-likeness (QED) is 0.0689. The van der Waals surface area contributed by atoms with Gasteiger partial charge < -0.3 is 109 Å². The van der Waals surface area contributed by atoms with Crippen molar-refractivity contribution < 1.29 is 109 Å². The van der Waals surface area contributed by atoms with Crippen LogP contribution in [0.5, 0.6) is 0 Å². The van der Waals surface area contributed by atoms with E-state index >= 15 is 0 Å². The average Bonchev–Trinajstić information content (AvgIpc) is 3.66. The average molecular weight is 1060 g/mol. The van der Waals surface area contributed by atoms with Crippen molar-refractivity contribution in [1.29, 1.82) is 0 Å². The van der Waals surface area contributed by atoms with Crippen LogP contribution in [0.4, 0.5) is 0 Å². The van der Waals surface area contributed by atoms with E-state index in [1.54, 1.807) is 0 Å². The molecule has 4 saturated heterocycles. The van der Waals surface area contributed by atoms with Gasteiger partial charge in [0.25, 0.3) is 0 Å². The third-order valence-electron chi connectivity index (χ3n) is 18.9. The van der Waals surface area contributed by atoms with Crippen LogP contribution in [-0.2, 0) is 37.9 Å². The van der Waals surface area contributed by atoms with Crippen LogP contribution in [0.3, 0.4) is 0 Å². The fraction of sp³-hybridized carbons (Fsp3) is 0.923. The Morgan fingerprint density at radius 2 is 1.18 bits per heavy atom. The van der Waals surface area contributed by atoms with E-state index in [4.69, 9.17) is 37.9 Å². The van der Waals surface area contributed by atoms with Crippen LogP contribution < -0.4 is 0 Å². The monoisotopic (exact) mass is 1060 g/mol. The zero-order valence-corrected chi connectivity index (χ0v) is 43.2. The topological polar surface area (TPSA) is 357 Å². The van der Waals surface area contributed by atoms with E-state index < -0.39 is 155 Å². The summed E-state index contributed by atoms with van der Waals surface area (Å²) in [5.41, 5.74) is 2.46. The smallest absolute Gasteiger partial charge is 0.187 e. The first-order chi connectivity index (χ1) is 35.1. The number of allylic oxidation sites excluding steroid dienone is 2. The number of hydrogen-bond acceptors (Lipinski definition) is 22. The molecule has 8 aliphatic rings. The van der Waals surface area contributed by atoms with Crippen LogP contribution in [0.1, 0.15) is 92.4 Å². The van der Waals surface area contributed by atoms with Gasteiger partial charge in [0.05, 0.1) is 45.2 Å². The summed E-state index contributed by atoms with van der Waals surface area (Å²) in [6.07, 6.45) is -21.7. The molecule has 0 aromatic heterocycles. The van der Waals surface area contributed by atoms with Crippen LogP contribution in [-0.4, -0.2) is 233 Å². The molecule has 4 aliphatic heterocycles. The van der Waals surface area contributed by atoms with Gasteiger partial charge in [0.2, 0.25) is 0 Å². The number of aliphatic hydroxyl groups is 14. The maximum absolute atomic E-state index is 12.3. The predicted octanol–water partition coefficient (Wildman–Crippen LogP) is -2.18. The molecule has 7 fully saturated rings. The van der Waals surface area contributed by atoms with Crippen molar-refractivity contribution in [3.8, 4) is 0 Å². The molecular weight excluding hydrogens is 977 g/mol. The first-order valence-corrected chi connectivity index (χ1v) is 26.9. The SMILES string of the molecule is CC(C)C(=CCO)CCC(C)C1CC(O)C2C3=CCC4CC(OC5OC(CO)C(OC6OC(CO)C(O)C(O)C6O)C(OC6OCC(O)C(OC7OC(CO)C(O)C(O)C7O)C6O)C5O)CCC4(C)C3CCC12C. The van der Waals surface area contributed by atoms with Crippen molar-refractivity contribution >= 4 is 0 Å². The highest BCUT2D eigenvalue weighted by Crippen LogP contribution is 2.67. The lowest BCUT2D eigenvalue weighted by Crippen LogP contribution is -2.67. The molecule has 14 N–H and O–H groups in total. The van der Waals surface area contributed by atoms with Crippen molar-refractivity contribution in [3.63, 3.8) is 0 Å². The third-order valence-corrected chi connectivity index (χ3v) is 18.9. The van der Waals surface area contributed by atoms with Gasteiger partial charge in [-0.05, 0) is 98.2 Å². The zero-order chi connectivity index (χ0) is 53.7. The van der Waals surface area contributed by atoms with Crippen molar-refractivity contribution in [2.45, 2.75) is 221 Å². The van der Waals surface area contributed by atoms with E-state index in [2.05, 4.69) is 40.7 Å². The summed E-state index contributed by atoms with van der Waals surface area (Å²) in [4.78, 5) is 0. The summed E-state index contributed by atoms with van der Waals surface area (Å²) in [6.45, 7) is 8.46. The minimum atomic E-state index is -1.95. The summed E-state index contributed by atoms with van der Waals surface area (Å²) >= 11 is 0. The Morgan fingerprint density at radius 1 is 0.622 bits per heavy atom. The minimum Gasteiger partial charge on any atom is -0.394 e. The summed E-state index contributed by atoms with van der Waals surface area (Å²) in [7, 11) is 0. The molecule has 28 atom stereocenters. The van der Waals surface area contributed by atoms with E-state index in [1.165, 1.54) is 11.1 Å². The fourth-order valence-electron chi connectivity index (χ4n) is 14.5. The first kappa shape index (κ1) is 58.7. The van der Waals surface area contributed by atoms with Gasteiger partial charge in [0, 0.05) is 5.92 Å². The van der Waals surface area contributed by atoms with Gasteiger partial charge in [-0.25, -0.2) is 0 Å². The molecule has 0 aromatic carbocycles. The van der Waals surface area contributed by atoms with E-state index in [-0.39, 0.29) is 35.2 Å². The van der Waals surface area contributed by atoms with Crippen molar-refractivity contribution in [3.05, 3.63) is 23.3 Å². The summed E-state index contributed by atoms with van der Waals surface area (Å²) in [5, 5.41) is 150. The van der Waals surface area contributed by atoms with Gasteiger partial charge in [0.15, 0.2) is 25.2 Å². The van der Waals surface area contributed by atoms with E-state index in [1.807, 2.05) is 6.08 Å². The summed E-state index contributed by atoms with van der Waals surface area (Å²) in [6, 6.07) is 0. The standard InChI is InChI=1S/C52H86O22/c1-22(2)24(12-15-53)7-6-23(3)29-17-30(57)35-27-9-8-25-16-26(10-13-51(25,4)28(27)11-14-52(29,35)5)68-50-43(66)46(45(34(20-56)71-50)73-49-41(64)39(62)37(60)33(19-55)70-49)74-47-42(65)44(31(58)21-67-47)72-48-40(63)38(61)36(59)32(18-54)69-48/h9,12,22-23,25-26,28-50,53-66H,6-8,10-11,13-21H2,1-5H3. The lowest BCUT2D eigenvalue weighted by Gasteiger charge is -2.58. The highest BCUT2D eigenvalue weighted by molar-refractivity contribution is 5.29.